The van der Waals surface area contributed by atoms with Crippen molar-refractivity contribution in [2.24, 2.45) is 0 Å². The first-order valence-electron chi connectivity index (χ1n) is 12.3. The monoisotopic (exact) mass is 581 g/mol. The first-order chi connectivity index (χ1) is 19.2. The predicted molar refractivity (Wildman–Crippen MR) is 154 cm³/mol. The molecule has 0 bridgehead atoms. The van der Waals surface area contributed by atoms with Gasteiger partial charge in [0.1, 0.15) is 0 Å². The van der Waals surface area contributed by atoms with Crippen LogP contribution in [0.4, 0.5) is 18.9 Å². The molecule has 5 aromatic rings. The zero-order valence-corrected chi connectivity index (χ0v) is 22.5. The highest BCUT2D eigenvalue weighted by atomic mass is 35.5. The summed E-state index contributed by atoms with van der Waals surface area (Å²) in [5.74, 6) is -0.674. The number of fused-ring (bicyclic) bond motifs is 2. The molecular weight excluding hydrogens is 559 g/mol. The Balaban J connectivity index is 1.22. The molecule has 5 nitrogen and oxygen atoms in total. The maximum Gasteiger partial charge on any atom is 0.416 e. The van der Waals surface area contributed by atoms with Gasteiger partial charge in [0, 0.05) is 40.6 Å². The molecule has 0 aliphatic heterocycles. The Morgan fingerprint density at radius 3 is 2.45 bits per heavy atom. The molecule has 4 aromatic carbocycles. The molecule has 2 amide bonds. The number of halogens is 4. The van der Waals surface area contributed by atoms with E-state index in [1.165, 1.54) is 11.8 Å². The van der Waals surface area contributed by atoms with Crippen molar-refractivity contribution in [3.63, 3.8) is 0 Å². The van der Waals surface area contributed by atoms with Crippen LogP contribution < -0.4 is 10.6 Å². The quantitative estimate of drug-likeness (QED) is 0.185. The number of thioether (sulfide) groups is 1. The molecule has 0 atom stereocenters. The van der Waals surface area contributed by atoms with Crippen LogP contribution in [-0.2, 0) is 17.5 Å². The Morgan fingerprint density at radius 1 is 0.900 bits per heavy atom. The molecule has 1 heterocycles. The van der Waals surface area contributed by atoms with Crippen molar-refractivity contribution in [3.05, 3.63) is 107 Å². The molecular formula is C30H23ClF3N3O2S. The van der Waals surface area contributed by atoms with E-state index >= 15 is 0 Å². The van der Waals surface area contributed by atoms with Crippen molar-refractivity contribution in [1.29, 1.82) is 0 Å². The van der Waals surface area contributed by atoms with Gasteiger partial charge in [0.25, 0.3) is 5.91 Å². The van der Waals surface area contributed by atoms with Crippen LogP contribution in [0.2, 0.25) is 5.02 Å². The number of amides is 2. The lowest BCUT2D eigenvalue weighted by Crippen LogP contribution is -2.27. The van der Waals surface area contributed by atoms with E-state index < -0.39 is 17.6 Å². The van der Waals surface area contributed by atoms with Gasteiger partial charge in [-0.1, -0.05) is 60.1 Å². The zero-order chi connectivity index (χ0) is 28.3. The summed E-state index contributed by atoms with van der Waals surface area (Å²) in [5.41, 5.74) is 0.535. The van der Waals surface area contributed by atoms with Gasteiger partial charge in [-0.3, -0.25) is 9.59 Å². The molecule has 10 heteroatoms. The first kappa shape index (κ1) is 27.6. The van der Waals surface area contributed by atoms with Crippen molar-refractivity contribution in [1.82, 2.24) is 9.88 Å². The summed E-state index contributed by atoms with van der Waals surface area (Å²) >= 11 is 7.27. The SMILES string of the molecule is O=C(CSc1cn(CCNC(=O)c2ccc3ccccc3c2)c2ccccc12)Nc1cc(C(F)(F)F)ccc1Cl. The van der Waals surface area contributed by atoms with Crippen LogP contribution in [0.25, 0.3) is 21.7 Å². The third-order valence-electron chi connectivity index (χ3n) is 6.33. The van der Waals surface area contributed by atoms with Gasteiger partial charge >= 0.3 is 6.18 Å². The van der Waals surface area contributed by atoms with Gasteiger partial charge in [0.05, 0.1) is 22.0 Å². The third kappa shape index (κ3) is 6.26. The van der Waals surface area contributed by atoms with Crippen molar-refractivity contribution < 1.29 is 22.8 Å². The number of hydrogen-bond acceptors (Lipinski definition) is 3. The second-order valence-corrected chi connectivity index (χ2v) is 10.5. The highest BCUT2D eigenvalue weighted by Gasteiger charge is 2.31. The van der Waals surface area contributed by atoms with Crippen LogP contribution in [0.15, 0.2) is 96.0 Å². The van der Waals surface area contributed by atoms with Crippen LogP contribution >= 0.6 is 23.4 Å². The van der Waals surface area contributed by atoms with Crippen molar-refractivity contribution in [3.8, 4) is 0 Å². The van der Waals surface area contributed by atoms with E-state index in [1.807, 2.05) is 71.4 Å². The van der Waals surface area contributed by atoms with Crippen molar-refractivity contribution in [2.75, 3.05) is 17.6 Å². The summed E-state index contributed by atoms with van der Waals surface area (Å²) in [4.78, 5) is 26.1. The van der Waals surface area contributed by atoms with E-state index in [9.17, 15) is 22.8 Å². The molecule has 0 unspecified atom stereocenters. The number of carbonyl (C=O) groups excluding carboxylic acids is 2. The lowest BCUT2D eigenvalue weighted by Gasteiger charge is -2.11. The molecule has 0 aliphatic carbocycles. The fraction of sp³-hybridized carbons (Fsp3) is 0.133. The van der Waals surface area contributed by atoms with Crippen LogP contribution in [0.1, 0.15) is 15.9 Å². The average molecular weight is 582 g/mol. The molecule has 0 aliphatic rings. The predicted octanol–water partition coefficient (Wildman–Crippen LogP) is 7.63. The van der Waals surface area contributed by atoms with Gasteiger partial charge < -0.3 is 15.2 Å². The Hall–Kier alpha value is -3.95. The minimum Gasteiger partial charge on any atom is -0.350 e. The molecule has 0 fully saturated rings. The van der Waals surface area contributed by atoms with Crippen LogP contribution in [0.5, 0.6) is 0 Å². The highest BCUT2D eigenvalue weighted by molar-refractivity contribution is 8.00. The summed E-state index contributed by atoms with van der Waals surface area (Å²) < 4.78 is 41.1. The number of alkyl halides is 3. The highest BCUT2D eigenvalue weighted by Crippen LogP contribution is 2.34. The fourth-order valence-corrected chi connectivity index (χ4v) is 5.42. The number of nitrogens with one attached hydrogen (secondary N) is 2. The normalized spacial score (nSPS) is 11.6. The molecule has 0 radical (unpaired) electrons. The maximum absolute atomic E-state index is 13.0. The number of carbonyl (C=O) groups is 2. The third-order valence-corrected chi connectivity index (χ3v) is 7.70. The van der Waals surface area contributed by atoms with Crippen molar-refractivity contribution >= 4 is 62.5 Å². The molecule has 0 saturated heterocycles. The number of anilines is 1. The van der Waals surface area contributed by atoms with Crippen LogP contribution in [0, 0.1) is 0 Å². The second kappa shape index (κ2) is 11.7. The summed E-state index contributed by atoms with van der Waals surface area (Å²) in [6.45, 7) is 0.898. The van der Waals surface area contributed by atoms with Gasteiger partial charge in [0.2, 0.25) is 5.91 Å². The van der Waals surface area contributed by atoms with E-state index in [2.05, 4.69) is 10.6 Å². The van der Waals surface area contributed by atoms with E-state index in [0.29, 0.717) is 18.7 Å². The smallest absolute Gasteiger partial charge is 0.350 e. The molecule has 40 heavy (non-hydrogen) atoms. The van der Waals surface area contributed by atoms with Gasteiger partial charge in [-0.2, -0.15) is 13.2 Å². The molecule has 204 valence electrons. The minimum absolute atomic E-state index is 0.0219. The van der Waals surface area contributed by atoms with Gasteiger partial charge in [-0.05, 0) is 47.2 Å². The Labute approximate surface area is 237 Å². The summed E-state index contributed by atoms with van der Waals surface area (Å²) in [5, 5.41) is 8.44. The maximum atomic E-state index is 13.0. The number of rotatable bonds is 8. The van der Waals surface area contributed by atoms with Crippen molar-refractivity contribution in [2.45, 2.75) is 17.6 Å². The topological polar surface area (TPSA) is 63.1 Å². The standard InChI is InChI=1S/C30H23ClF3N3O2S/c31-24-12-11-22(30(32,33)34)16-25(24)36-28(38)18-40-27-17-37(26-8-4-3-7-23(26)27)14-13-35-29(39)21-10-9-19-5-1-2-6-20(19)15-21/h1-12,15-17H,13-14,18H2,(H,35,39)(H,36,38). The first-order valence-corrected chi connectivity index (χ1v) is 13.7. The number of nitrogens with zero attached hydrogens (tertiary/aromatic N) is 1. The largest absolute Gasteiger partial charge is 0.416 e. The zero-order valence-electron chi connectivity index (χ0n) is 21.0. The van der Waals surface area contributed by atoms with Gasteiger partial charge in [-0.25, -0.2) is 0 Å². The minimum atomic E-state index is -4.55. The van der Waals surface area contributed by atoms with E-state index in [0.717, 1.165) is 44.8 Å². The molecule has 5 rings (SSSR count). The lowest BCUT2D eigenvalue weighted by atomic mass is 10.1. The summed E-state index contributed by atoms with van der Waals surface area (Å²) in [6.07, 6.45) is -2.64. The summed E-state index contributed by atoms with van der Waals surface area (Å²) in [6, 6.07) is 23.9. The van der Waals surface area contributed by atoms with E-state index in [-0.39, 0.29) is 22.4 Å². The van der Waals surface area contributed by atoms with E-state index in [4.69, 9.17) is 11.6 Å². The van der Waals surface area contributed by atoms with Crippen LogP contribution in [-0.4, -0.2) is 28.7 Å². The lowest BCUT2D eigenvalue weighted by molar-refractivity contribution is -0.137. The molecule has 0 spiro atoms. The van der Waals surface area contributed by atoms with Gasteiger partial charge in [-0.15, -0.1) is 11.8 Å². The Bertz CT molecular complexity index is 1720. The molecule has 2 N–H and O–H groups in total. The van der Waals surface area contributed by atoms with Crippen LogP contribution in [0.3, 0.4) is 0 Å². The number of hydrogen-bond donors (Lipinski definition) is 2. The number of aromatic nitrogens is 1. The van der Waals surface area contributed by atoms with Gasteiger partial charge in [0.15, 0.2) is 0 Å². The summed E-state index contributed by atoms with van der Waals surface area (Å²) in [7, 11) is 0. The fourth-order valence-electron chi connectivity index (χ4n) is 4.36. The molecule has 1 aromatic heterocycles. The Kier molecular flexibility index (Phi) is 8.04. The van der Waals surface area contributed by atoms with E-state index in [1.54, 1.807) is 6.07 Å². The second-order valence-electron chi connectivity index (χ2n) is 9.05. The Morgan fingerprint density at radius 2 is 1.65 bits per heavy atom. The molecule has 0 saturated carbocycles. The average Bonchev–Trinajstić information content (AvgIpc) is 3.29. The number of para-hydroxylation sites is 1. The number of benzene rings is 4.